The molecule has 3 rings (SSSR count). The number of fused-ring (bicyclic) bond motifs is 1. The number of carbonyl (C=O) groups is 2. The lowest BCUT2D eigenvalue weighted by molar-refractivity contribution is -0.183. The van der Waals surface area contributed by atoms with Crippen LogP contribution in [0.2, 0.25) is 0 Å². The highest BCUT2D eigenvalue weighted by molar-refractivity contribution is 5.88. The Morgan fingerprint density at radius 3 is 2.79 bits per heavy atom. The van der Waals surface area contributed by atoms with Gasteiger partial charge in [0.2, 0.25) is 5.91 Å². The number of esters is 1. The first-order chi connectivity index (χ1) is 11.3. The van der Waals surface area contributed by atoms with Crippen molar-refractivity contribution in [2.45, 2.75) is 51.2 Å². The Morgan fingerprint density at radius 1 is 1.42 bits per heavy atom. The molecule has 5 heteroatoms. The fourth-order valence-electron chi connectivity index (χ4n) is 4.32. The smallest absolute Gasteiger partial charge is 0.324 e. The fraction of sp³-hybridized carbons (Fsp3) is 0.579. The van der Waals surface area contributed by atoms with E-state index in [4.69, 9.17) is 10.5 Å². The van der Waals surface area contributed by atoms with Gasteiger partial charge in [-0.05, 0) is 50.3 Å². The maximum absolute atomic E-state index is 12.7. The maximum atomic E-state index is 12.7. The normalized spacial score (nSPS) is 27.4. The molecule has 1 fully saturated rings. The van der Waals surface area contributed by atoms with Gasteiger partial charge in [0.05, 0.1) is 5.92 Å². The monoisotopic (exact) mass is 330 g/mol. The van der Waals surface area contributed by atoms with Crippen LogP contribution in [0, 0.1) is 5.92 Å². The standard InChI is InChI=1S/C19H26N2O3/c1-4-21-11-19(2,3)24-18(23)16(21)15(17(20)22)14-10-9-12-7-5-6-8-13(12)14/h5-8,14-16H,4,9-11H2,1-3H3,(H2,20,22). The van der Waals surface area contributed by atoms with Gasteiger partial charge in [0.1, 0.15) is 11.6 Å². The molecular formula is C19H26N2O3. The van der Waals surface area contributed by atoms with Crippen molar-refractivity contribution >= 4 is 11.9 Å². The molecule has 1 aliphatic carbocycles. The van der Waals surface area contributed by atoms with E-state index >= 15 is 0 Å². The molecule has 0 spiro atoms. The van der Waals surface area contributed by atoms with E-state index in [9.17, 15) is 9.59 Å². The van der Waals surface area contributed by atoms with Crippen molar-refractivity contribution in [3.05, 3.63) is 35.4 Å². The van der Waals surface area contributed by atoms with Crippen LogP contribution in [0.5, 0.6) is 0 Å². The van der Waals surface area contributed by atoms with E-state index < -0.39 is 23.5 Å². The number of cyclic esters (lactones) is 1. The number of rotatable bonds is 4. The summed E-state index contributed by atoms with van der Waals surface area (Å²) in [6.45, 7) is 7.09. The summed E-state index contributed by atoms with van der Waals surface area (Å²) in [6.07, 6.45) is 1.77. The van der Waals surface area contributed by atoms with Crippen molar-refractivity contribution in [3.8, 4) is 0 Å². The number of aryl methyl sites for hydroxylation is 1. The number of morpholine rings is 1. The molecular weight excluding hydrogens is 304 g/mol. The van der Waals surface area contributed by atoms with Crippen LogP contribution in [0.25, 0.3) is 0 Å². The van der Waals surface area contributed by atoms with Crippen molar-refractivity contribution in [3.63, 3.8) is 0 Å². The summed E-state index contributed by atoms with van der Waals surface area (Å²) >= 11 is 0. The Kier molecular flexibility index (Phi) is 4.38. The number of nitrogens with zero attached hydrogens (tertiary/aromatic N) is 1. The van der Waals surface area contributed by atoms with Crippen LogP contribution in [0.15, 0.2) is 24.3 Å². The van der Waals surface area contributed by atoms with E-state index in [-0.39, 0.29) is 11.9 Å². The van der Waals surface area contributed by atoms with Crippen LogP contribution in [-0.4, -0.2) is 41.5 Å². The zero-order valence-corrected chi connectivity index (χ0v) is 14.6. The molecule has 0 aromatic heterocycles. The second-order valence-corrected chi connectivity index (χ2v) is 7.46. The predicted molar refractivity (Wildman–Crippen MR) is 91.4 cm³/mol. The van der Waals surface area contributed by atoms with Gasteiger partial charge >= 0.3 is 5.97 Å². The molecule has 1 aromatic rings. The number of carbonyl (C=O) groups excluding carboxylic acids is 2. The molecule has 0 radical (unpaired) electrons. The van der Waals surface area contributed by atoms with E-state index in [1.165, 1.54) is 5.56 Å². The average molecular weight is 330 g/mol. The molecule has 2 N–H and O–H groups in total. The summed E-state index contributed by atoms with van der Waals surface area (Å²) in [7, 11) is 0. The predicted octanol–water partition coefficient (Wildman–Crippen LogP) is 1.84. The number of likely N-dealkylation sites (N-methyl/N-ethyl adjacent to an activating group) is 1. The lowest BCUT2D eigenvalue weighted by Crippen LogP contribution is -2.61. The number of nitrogens with two attached hydrogens (primary N) is 1. The Hall–Kier alpha value is -1.88. The third-order valence-corrected chi connectivity index (χ3v) is 5.28. The van der Waals surface area contributed by atoms with Gasteiger partial charge in [0.25, 0.3) is 0 Å². The van der Waals surface area contributed by atoms with Crippen molar-refractivity contribution in [2.24, 2.45) is 11.7 Å². The minimum absolute atomic E-state index is 0.0217. The summed E-state index contributed by atoms with van der Waals surface area (Å²) in [5.74, 6) is -1.33. The third-order valence-electron chi connectivity index (χ3n) is 5.28. The number of hydrogen-bond acceptors (Lipinski definition) is 4. The van der Waals surface area contributed by atoms with Crippen molar-refractivity contribution < 1.29 is 14.3 Å². The summed E-state index contributed by atoms with van der Waals surface area (Å²) in [5, 5.41) is 0. The molecule has 5 nitrogen and oxygen atoms in total. The van der Waals surface area contributed by atoms with Crippen LogP contribution >= 0.6 is 0 Å². The molecule has 3 atom stereocenters. The third kappa shape index (κ3) is 2.93. The molecule has 130 valence electrons. The van der Waals surface area contributed by atoms with Gasteiger partial charge in [-0.3, -0.25) is 14.5 Å². The number of benzene rings is 1. The zero-order chi connectivity index (χ0) is 17.5. The molecule has 24 heavy (non-hydrogen) atoms. The van der Waals surface area contributed by atoms with E-state index in [0.29, 0.717) is 13.1 Å². The Bertz CT molecular complexity index is 656. The number of primary amides is 1. The molecule has 1 amide bonds. The van der Waals surface area contributed by atoms with E-state index in [2.05, 4.69) is 12.1 Å². The minimum Gasteiger partial charge on any atom is -0.457 e. The zero-order valence-electron chi connectivity index (χ0n) is 14.6. The minimum atomic E-state index is -0.600. The summed E-state index contributed by atoms with van der Waals surface area (Å²) in [6, 6.07) is 7.53. The van der Waals surface area contributed by atoms with E-state index in [1.54, 1.807) is 0 Å². The van der Waals surface area contributed by atoms with Gasteiger partial charge in [-0.1, -0.05) is 31.2 Å². The molecule has 2 aliphatic rings. The molecule has 1 heterocycles. The second kappa shape index (κ2) is 6.20. The van der Waals surface area contributed by atoms with Crippen LogP contribution in [-0.2, 0) is 20.7 Å². The van der Waals surface area contributed by atoms with Crippen molar-refractivity contribution in [1.82, 2.24) is 4.90 Å². The van der Waals surface area contributed by atoms with Crippen LogP contribution in [0.4, 0.5) is 0 Å². The lowest BCUT2D eigenvalue weighted by Gasteiger charge is -2.45. The largest absolute Gasteiger partial charge is 0.457 e. The summed E-state index contributed by atoms with van der Waals surface area (Å²) in [5.41, 5.74) is 7.63. The van der Waals surface area contributed by atoms with Gasteiger partial charge in [0, 0.05) is 6.54 Å². The molecule has 0 bridgehead atoms. The van der Waals surface area contributed by atoms with Gasteiger partial charge in [0.15, 0.2) is 0 Å². The van der Waals surface area contributed by atoms with Crippen LogP contribution in [0.1, 0.15) is 44.2 Å². The SMILES string of the molecule is CCN1CC(C)(C)OC(=O)C1C(C(N)=O)C1CCc2ccccc21. The van der Waals surface area contributed by atoms with Gasteiger partial charge in [-0.25, -0.2) is 0 Å². The van der Waals surface area contributed by atoms with Crippen molar-refractivity contribution in [2.75, 3.05) is 13.1 Å². The topological polar surface area (TPSA) is 72.6 Å². The number of hydrogen-bond donors (Lipinski definition) is 1. The Balaban J connectivity index is 1.97. The first-order valence-electron chi connectivity index (χ1n) is 8.68. The van der Waals surface area contributed by atoms with Crippen LogP contribution < -0.4 is 5.73 Å². The highest BCUT2D eigenvalue weighted by Crippen LogP contribution is 2.42. The van der Waals surface area contributed by atoms with E-state index in [0.717, 1.165) is 18.4 Å². The van der Waals surface area contributed by atoms with Crippen LogP contribution in [0.3, 0.4) is 0 Å². The maximum Gasteiger partial charge on any atom is 0.324 e. The highest BCUT2D eigenvalue weighted by atomic mass is 16.6. The fourth-order valence-corrected chi connectivity index (χ4v) is 4.32. The molecule has 3 unspecified atom stereocenters. The first kappa shape index (κ1) is 17.0. The lowest BCUT2D eigenvalue weighted by atomic mass is 9.79. The second-order valence-electron chi connectivity index (χ2n) is 7.46. The van der Waals surface area contributed by atoms with Gasteiger partial charge < -0.3 is 10.5 Å². The van der Waals surface area contributed by atoms with E-state index in [1.807, 2.05) is 37.8 Å². The van der Waals surface area contributed by atoms with Crippen molar-refractivity contribution in [1.29, 1.82) is 0 Å². The Labute approximate surface area is 143 Å². The molecule has 0 saturated carbocycles. The summed E-state index contributed by atoms with van der Waals surface area (Å²) in [4.78, 5) is 27.1. The molecule has 1 aliphatic heterocycles. The first-order valence-corrected chi connectivity index (χ1v) is 8.68. The molecule has 1 aromatic carbocycles. The molecule has 1 saturated heterocycles. The number of amides is 1. The number of ether oxygens (including phenoxy) is 1. The van der Waals surface area contributed by atoms with Gasteiger partial charge in [-0.15, -0.1) is 0 Å². The Morgan fingerprint density at radius 2 is 2.12 bits per heavy atom. The summed E-state index contributed by atoms with van der Waals surface area (Å²) < 4.78 is 5.61. The quantitative estimate of drug-likeness (QED) is 0.855. The average Bonchev–Trinajstić information content (AvgIpc) is 2.92. The highest BCUT2D eigenvalue weighted by Gasteiger charge is 2.49. The van der Waals surface area contributed by atoms with Gasteiger partial charge in [-0.2, -0.15) is 0 Å².